The Hall–Kier alpha value is -3.81. The molecule has 0 saturated carbocycles. The molecule has 26 heavy (non-hydrogen) atoms. The lowest BCUT2D eigenvalue weighted by Crippen LogP contribution is -1.96. The average Bonchev–Trinajstić information content (AvgIpc) is 2.98. The number of phenolic OH excluding ortho intramolecular Hbond substituents is 1. The Kier molecular flexibility index (Phi) is 3.58. The van der Waals surface area contributed by atoms with Gasteiger partial charge in [-0.15, -0.1) is 10.2 Å². The normalized spacial score (nSPS) is 11.6. The van der Waals surface area contributed by atoms with E-state index >= 15 is 0 Å². The standard InChI is InChI=1S/C18H11FN4O3/c19-10-7-8-15-20-16(18(25)26)17(23(15)9-10)22-21-13-5-1-4-12-11(13)3-2-6-14(12)24/h1-9,24H,(H,25,26). The van der Waals surface area contributed by atoms with E-state index in [1.807, 2.05) is 0 Å². The highest BCUT2D eigenvalue weighted by Crippen LogP contribution is 2.33. The van der Waals surface area contributed by atoms with Crippen molar-refractivity contribution < 1.29 is 19.4 Å². The second kappa shape index (κ2) is 5.92. The van der Waals surface area contributed by atoms with Crippen molar-refractivity contribution in [1.82, 2.24) is 9.38 Å². The second-order valence-electron chi connectivity index (χ2n) is 5.51. The van der Waals surface area contributed by atoms with Crippen LogP contribution in [-0.2, 0) is 0 Å². The fourth-order valence-electron chi connectivity index (χ4n) is 2.71. The minimum absolute atomic E-state index is 0.0934. The summed E-state index contributed by atoms with van der Waals surface area (Å²) in [5.41, 5.74) is 0.344. The van der Waals surface area contributed by atoms with Gasteiger partial charge in [-0.3, -0.25) is 4.40 Å². The zero-order valence-corrected chi connectivity index (χ0v) is 13.2. The summed E-state index contributed by atoms with van der Waals surface area (Å²) >= 11 is 0. The van der Waals surface area contributed by atoms with Crippen molar-refractivity contribution in [3.8, 4) is 5.75 Å². The summed E-state index contributed by atoms with van der Waals surface area (Å²) in [5, 5.41) is 28.6. The third-order valence-corrected chi connectivity index (χ3v) is 3.89. The number of carbonyl (C=O) groups is 1. The van der Waals surface area contributed by atoms with Crippen molar-refractivity contribution in [3.63, 3.8) is 0 Å². The Labute approximate surface area is 145 Å². The summed E-state index contributed by atoms with van der Waals surface area (Å²) in [4.78, 5) is 15.4. The molecule has 2 aromatic carbocycles. The quantitative estimate of drug-likeness (QED) is 0.533. The summed E-state index contributed by atoms with van der Waals surface area (Å²) in [6.07, 6.45) is 1.10. The number of aromatic hydroxyl groups is 1. The van der Waals surface area contributed by atoms with Gasteiger partial charge in [-0.1, -0.05) is 24.3 Å². The number of nitrogens with zero attached hydrogens (tertiary/aromatic N) is 4. The molecule has 0 saturated heterocycles. The van der Waals surface area contributed by atoms with Gasteiger partial charge in [-0.2, -0.15) is 0 Å². The van der Waals surface area contributed by atoms with Crippen LogP contribution < -0.4 is 0 Å². The van der Waals surface area contributed by atoms with E-state index in [-0.39, 0.29) is 22.9 Å². The molecule has 0 unspecified atom stereocenters. The molecule has 8 heteroatoms. The number of aromatic nitrogens is 2. The molecule has 0 radical (unpaired) electrons. The lowest BCUT2D eigenvalue weighted by atomic mass is 10.1. The largest absolute Gasteiger partial charge is 0.507 e. The van der Waals surface area contributed by atoms with Gasteiger partial charge in [0.05, 0.1) is 5.69 Å². The van der Waals surface area contributed by atoms with Gasteiger partial charge >= 0.3 is 5.97 Å². The summed E-state index contributed by atoms with van der Waals surface area (Å²) in [5.74, 6) is -1.84. The van der Waals surface area contributed by atoms with Crippen LogP contribution in [-0.4, -0.2) is 25.6 Å². The van der Waals surface area contributed by atoms with E-state index in [1.54, 1.807) is 36.4 Å². The number of pyridine rings is 1. The van der Waals surface area contributed by atoms with Gasteiger partial charge in [0.15, 0.2) is 11.5 Å². The first kappa shape index (κ1) is 15.7. The average molecular weight is 350 g/mol. The number of phenols is 1. The van der Waals surface area contributed by atoms with Gasteiger partial charge in [-0.05, 0) is 24.3 Å². The number of carboxylic acid groups (broad SMARTS) is 1. The zero-order valence-electron chi connectivity index (χ0n) is 13.2. The molecule has 0 spiro atoms. The van der Waals surface area contributed by atoms with Crippen LogP contribution in [0.3, 0.4) is 0 Å². The molecule has 4 rings (SSSR count). The number of imidazole rings is 1. The van der Waals surface area contributed by atoms with Crippen molar-refractivity contribution in [2.24, 2.45) is 10.2 Å². The Balaban J connectivity index is 1.90. The molecule has 0 atom stereocenters. The zero-order chi connectivity index (χ0) is 18.3. The summed E-state index contributed by atoms with van der Waals surface area (Å²) in [7, 11) is 0. The number of halogens is 1. The van der Waals surface area contributed by atoms with Gasteiger partial charge < -0.3 is 10.2 Å². The number of aromatic carboxylic acids is 1. The molecule has 0 fully saturated rings. The van der Waals surface area contributed by atoms with E-state index in [0.29, 0.717) is 16.5 Å². The van der Waals surface area contributed by atoms with Crippen LogP contribution in [0.5, 0.6) is 5.75 Å². The Bertz CT molecular complexity index is 1200. The van der Waals surface area contributed by atoms with Gasteiger partial charge in [0.2, 0.25) is 0 Å². The van der Waals surface area contributed by atoms with Crippen LogP contribution >= 0.6 is 0 Å². The Morgan fingerprint density at radius 3 is 2.62 bits per heavy atom. The number of rotatable bonds is 3. The molecule has 2 aromatic heterocycles. The third-order valence-electron chi connectivity index (χ3n) is 3.89. The highest BCUT2D eigenvalue weighted by Gasteiger charge is 2.18. The van der Waals surface area contributed by atoms with E-state index in [1.165, 1.54) is 16.5 Å². The fraction of sp³-hybridized carbons (Fsp3) is 0. The SMILES string of the molecule is O=C(O)c1nc2ccc(F)cn2c1N=Nc1cccc2c(O)cccc12. The van der Waals surface area contributed by atoms with Crippen LogP contribution in [0.25, 0.3) is 16.4 Å². The maximum absolute atomic E-state index is 13.5. The van der Waals surface area contributed by atoms with Crippen LogP contribution in [0.15, 0.2) is 65.0 Å². The molecule has 0 aliphatic heterocycles. The van der Waals surface area contributed by atoms with Gasteiger partial charge in [0, 0.05) is 17.0 Å². The first-order chi connectivity index (χ1) is 12.5. The van der Waals surface area contributed by atoms with Gasteiger partial charge in [-0.25, -0.2) is 14.2 Å². The van der Waals surface area contributed by atoms with Crippen molar-refractivity contribution in [2.75, 3.05) is 0 Å². The minimum Gasteiger partial charge on any atom is -0.507 e. The summed E-state index contributed by atoms with van der Waals surface area (Å²) in [6, 6.07) is 12.6. The number of hydrogen-bond acceptors (Lipinski definition) is 5. The predicted octanol–water partition coefficient (Wildman–Crippen LogP) is 4.45. The van der Waals surface area contributed by atoms with Crippen molar-refractivity contribution >= 4 is 33.9 Å². The van der Waals surface area contributed by atoms with Crippen molar-refractivity contribution in [1.29, 1.82) is 0 Å². The second-order valence-corrected chi connectivity index (χ2v) is 5.51. The lowest BCUT2D eigenvalue weighted by Gasteiger charge is -2.03. The lowest BCUT2D eigenvalue weighted by molar-refractivity contribution is 0.0692. The topological polar surface area (TPSA) is 99.5 Å². The molecule has 7 nitrogen and oxygen atoms in total. The number of hydrogen-bond donors (Lipinski definition) is 2. The van der Waals surface area contributed by atoms with E-state index in [4.69, 9.17) is 0 Å². The maximum atomic E-state index is 13.5. The number of carboxylic acids is 1. The fourth-order valence-corrected chi connectivity index (χ4v) is 2.71. The van der Waals surface area contributed by atoms with Crippen LogP contribution in [0.1, 0.15) is 10.5 Å². The number of fused-ring (bicyclic) bond motifs is 2. The van der Waals surface area contributed by atoms with Crippen LogP contribution in [0.4, 0.5) is 15.9 Å². The molecule has 0 aliphatic carbocycles. The predicted molar refractivity (Wildman–Crippen MR) is 91.9 cm³/mol. The van der Waals surface area contributed by atoms with Gasteiger partial charge in [0.25, 0.3) is 0 Å². The molecule has 2 heterocycles. The number of benzene rings is 2. The van der Waals surface area contributed by atoms with Crippen molar-refractivity contribution in [3.05, 3.63) is 66.2 Å². The van der Waals surface area contributed by atoms with E-state index in [2.05, 4.69) is 15.2 Å². The molecular weight excluding hydrogens is 339 g/mol. The Morgan fingerprint density at radius 1 is 1.04 bits per heavy atom. The summed E-state index contributed by atoms with van der Waals surface area (Å²) < 4.78 is 14.8. The monoisotopic (exact) mass is 350 g/mol. The molecular formula is C18H11FN4O3. The molecule has 0 amide bonds. The highest BCUT2D eigenvalue weighted by atomic mass is 19.1. The van der Waals surface area contributed by atoms with E-state index in [0.717, 1.165) is 6.20 Å². The Morgan fingerprint density at radius 2 is 1.81 bits per heavy atom. The van der Waals surface area contributed by atoms with E-state index in [9.17, 15) is 19.4 Å². The third kappa shape index (κ3) is 2.53. The molecule has 128 valence electrons. The van der Waals surface area contributed by atoms with E-state index < -0.39 is 11.8 Å². The maximum Gasteiger partial charge on any atom is 0.358 e. The number of azo groups is 1. The molecule has 4 aromatic rings. The molecule has 0 bridgehead atoms. The molecule has 0 aliphatic rings. The first-order valence-corrected chi connectivity index (χ1v) is 7.58. The molecule has 2 N–H and O–H groups in total. The first-order valence-electron chi connectivity index (χ1n) is 7.58. The van der Waals surface area contributed by atoms with Crippen LogP contribution in [0.2, 0.25) is 0 Å². The van der Waals surface area contributed by atoms with Crippen LogP contribution in [0, 0.1) is 5.82 Å². The van der Waals surface area contributed by atoms with Gasteiger partial charge in [0.1, 0.15) is 17.2 Å². The highest BCUT2D eigenvalue weighted by molar-refractivity contribution is 5.96. The minimum atomic E-state index is -1.29. The van der Waals surface area contributed by atoms with Crippen molar-refractivity contribution in [2.45, 2.75) is 0 Å². The smallest absolute Gasteiger partial charge is 0.358 e. The summed E-state index contributed by atoms with van der Waals surface area (Å²) in [6.45, 7) is 0.